The van der Waals surface area contributed by atoms with Crippen molar-refractivity contribution in [2.45, 2.75) is 59.3 Å². The number of hydrogen-bond acceptors (Lipinski definition) is 3. The maximum absolute atomic E-state index is 5.97. The SMILES string of the molecule is Cc1cc(COC2CCC(C)C(C)C2)oc1CN. The zero-order chi connectivity index (χ0) is 13.1. The van der Waals surface area contributed by atoms with E-state index in [0.29, 0.717) is 19.3 Å². The molecule has 3 nitrogen and oxygen atoms in total. The molecule has 102 valence electrons. The predicted molar refractivity (Wildman–Crippen MR) is 72.1 cm³/mol. The van der Waals surface area contributed by atoms with Crippen LogP contribution in [0.1, 0.15) is 50.2 Å². The van der Waals surface area contributed by atoms with Crippen molar-refractivity contribution in [2.24, 2.45) is 17.6 Å². The number of hydrogen-bond donors (Lipinski definition) is 1. The summed E-state index contributed by atoms with van der Waals surface area (Å²) < 4.78 is 11.6. The third kappa shape index (κ3) is 3.15. The van der Waals surface area contributed by atoms with Crippen LogP contribution in [0.25, 0.3) is 0 Å². The van der Waals surface area contributed by atoms with E-state index in [0.717, 1.165) is 28.9 Å². The molecule has 1 aromatic heterocycles. The second-order valence-electron chi connectivity index (χ2n) is 5.72. The van der Waals surface area contributed by atoms with Gasteiger partial charge in [-0.2, -0.15) is 0 Å². The number of rotatable bonds is 4. The molecule has 18 heavy (non-hydrogen) atoms. The Hall–Kier alpha value is -0.800. The highest BCUT2D eigenvalue weighted by Gasteiger charge is 2.25. The normalized spacial score (nSPS) is 28.6. The van der Waals surface area contributed by atoms with Crippen LogP contribution in [0, 0.1) is 18.8 Å². The zero-order valence-electron chi connectivity index (χ0n) is 11.7. The number of ether oxygens (including phenoxy) is 1. The van der Waals surface area contributed by atoms with Gasteiger partial charge in [0, 0.05) is 0 Å². The molecule has 0 aliphatic heterocycles. The van der Waals surface area contributed by atoms with Gasteiger partial charge in [0.1, 0.15) is 18.1 Å². The van der Waals surface area contributed by atoms with Gasteiger partial charge in [-0.1, -0.05) is 13.8 Å². The van der Waals surface area contributed by atoms with Crippen molar-refractivity contribution in [3.63, 3.8) is 0 Å². The van der Waals surface area contributed by atoms with Crippen molar-refractivity contribution < 1.29 is 9.15 Å². The molecule has 1 aliphatic carbocycles. The molecule has 0 bridgehead atoms. The fraction of sp³-hybridized carbons (Fsp3) is 0.733. The summed E-state index contributed by atoms with van der Waals surface area (Å²) in [5, 5.41) is 0. The van der Waals surface area contributed by atoms with Crippen LogP contribution in [0.2, 0.25) is 0 Å². The van der Waals surface area contributed by atoms with E-state index in [2.05, 4.69) is 13.8 Å². The van der Waals surface area contributed by atoms with Gasteiger partial charge in [0.15, 0.2) is 0 Å². The van der Waals surface area contributed by atoms with Gasteiger partial charge in [0.2, 0.25) is 0 Å². The Morgan fingerprint density at radius 3 is 2.72 bits per heavy atom. The summed E-state index contributed by atoms with van der Waals surface area (Å²) in [5.74, 6) is 3.37. The molecular weight excluding hydrogens is 226 g/mol. The van der Waals surface area contributed by atoms with Crippen LogP contribution < -0.4 is 5.73 Å². The largest absolute Gasteiger partial charge is 0.462 e. The molecule has 3 unspecified atom stereocenters. The molecule has 1 aromatic rings. The zero-order valence-corrected chi connectivity index (χ0v) is 11.7. The minimum atomic E-state index is 0.392. The summed E-state index contributed by atoms with van der Waals surface area (Å²) in [6.45, 7) is 7.73. The first-order chi connectivity index (χ1) is 8.60. The average Bonchev–Trinajstić information content (AvgIpc) is 2.71. The highest BCUT2D eigenvalue weighted by Crippen LogP contribution is 2.31. The van der Waals surface area contributed by atoms with E-state index in [-0.39, 0.29) is 0 Å². The van der Waals surface area contributed by atoms with Crippen molar-refractivity contribution in [1.82, 2.24) is 0 Å². The van der Waals surface area contributed by atoms with Crippen LogP contribution in [0.4, 0.5) is 0 Å². The van der Waals surface area contributed by atoms with Gasteiger partial charge in [0.05, 0.1) is 12.6 Å². The first kappa shape index (κ1) is 13.6. The van der Waals surface area contributed by atoms with Crippen molar-refractivity contribution >= 4 is 0 Å². The molecule has 1 heterocycles. The van der Waals surface area contributed by atoms with Crippen LogP contribution >= 0.6 is 0 Å². The molecule has 3 heteroatoms. The Morgan fingerprint density at radius 2 is 2.11 bits per heavy atom. The fourth-order valence-corrected chi connectivity index (χ4v) is 2.71. The summed E-state index contributed by atoms with van der Waals surface area (Å²) in [4.78, 5) is 0. The number of aryl methyl sites for hydroxylation is 1. The van der Waals surface area contributed by atoms with E-state index in [4.69, 9.17) is 14.9 Å². The van der Waals surface area contributed by atoms with Gasteiger partial charge in [0.25, 0.3) is 0 Å². The molecule has 3 atom stereocenters. The molecule has 2 N–H and O–H groups in total. The molecule has 1 aliphatic rings. The van der Waals surface area contributed by atoms with Gasteiger partial charge in [-0.15, -0.1) is 0 Å². The molecule has 0 spiro atoms. The van der Waals surface area contributed by atoms with Gasteiger partial charge in [-0.05, 0) is 49.7 Å². The first-order valence-corrected chi connectivity index (χ1v) is 7.00. The minimum Gasteiger partial charge on any atom is -0.462 e. The Kier molecular flexibility index (Phi) is 4.46. The van der Waals surface area contributed by atoms with Crippen LogP contribution in [0.5, 0.6) is 0 Å². The van der Waals surface area contributed by atoms with E-state index in [1.54, 1.807) is 0 Å². The summed E-state index contributed by atoms with van der Waals surface area (Å²) in [5.41, 5.74) is 6.73. The molecule has 0 saturated heterocycles. The average molecular weight is 251 g/mol. The molecule has 0 amide bonds. The third-order valence-electron chi connectivity index (χ3n) is 4.27. The molecule has 0 radical (unpaired) electrons. The van der Waals surface area contributed by atoms with E-state index in [1.807, 2.05) is 13.0 Å². The van der Waals surface area contributed by atoms with Crippen molar-refractivity contribution in [3.8, 4) is 0 Å². The van der Waals surface area contributed by atoms with Crippen molar-refractivity contribution in [2.75, 3.05) is 0 Å². The lowest BCUT2D eigenvalue weighted by molar-refractivity contribution is -0.0142. The Morgan fingerprint density at radius 1 is 1.33 bits per heavy atom. The van der Waals surface area contributed by atoms with E-state index in [1.165, 1.54) is 19.3 Å². The quantitative estimate of drug-likeness (QED) is 0.892. The van der Waals surface area contributed by atoms with Crippen LogP contribution in [0.3, 0.4) is 0 Å². The Bertz CT molecular complexity index is 386. The second-order valence-corrected chi connectivity index (χ2v) is 5.72. The number of furan rings is 1. The number of nitrogens with two attached hydrogens (primary N) is 1. The second kappa shape index (κ2) is 5.89. The predicted octanol–water partition coefficient (Wildman–Crippen LogP) is 3.39. The topological polar surface area (TPSA) is 48.4 Å². The Labute approximate surface area is 110 Å². The molecule has 2 rings (SSSR count). The van der Waals surface area contributed by atoms with E-state index in [9.17, 15) is 0 Å². The van der Waals surface area contributed by atoms with E-state index >= 15 is 0 Å². The monoisotopic (exact) mass is 251 g/mol. The third-order valence-corrected chi connectivity index (χ3v) is 4.27. The Balaban J connectivity index is 1.84. The van der Waals surface area contributed by atoms with Gasteiger partial charge < -0.3 is 14.9 Å². The summed E-state index contributed by atoms with van der Waals surface area (Å²) >= 11 is 0. The fourth-order valence-electron chi connectivity index (χ4n) is 2.71. The van der Waals surface area contributed by atoms with Crippen LogP contribution in [-0.4, -0.2) is 6.10 Å². The van der Waals surface area contributed by atoms with Crippen molar-refractivity contribution in [1.29, 1.82) is 0 Å². The van der Waals surface area contributed by atoms with Crippen molar-refractivity contribution in [3.05, 3.63) is 23.2 Å². The molecule has 1 saturated carbocycles. The smallest absolute Gasteiger partial charge is 0.130 e. The van der Waals surface area contributed by atoms with Crippen LogP contribution in [-0.2, 0) is 17.9 Å². The highest BCUT2D eigenvalue weighted by atomic mass is 16.5. The van der Waals surface area contributed by atoms with E-state index < -0.39 is 0 Å². The molecule has 1 fully saturated rings. The summed E-state index contributed by atoms with van der Waals surface area (Å²) in [7, 11) is 0. The lowest BCUT2D eigenvalue weighted by Gasteiger charge is -2.31. The van der Waals surface area contributed by atoms with Crippen LogP contribution in [0.15, 0.2) is 10.5 Å². The lowest BCUT2D eigenvalue weighted by Crippen LogP contribution is -2.26. The van der Waals surface area contributed by atoms with Gasteiger partial charge in [-0.25, -0.2) is 0 Å². The standard InChI is InChI=1S/C15H25NO2/c1-10-4-5-13(6-11(10)2)17-9-14-7-12(3)15(8-16)18-14/h7,10-11,13H,4-6,8-9,16H2,1-3H3. The first-order valence-electron chi connectivity index (χ1n) is 7.00. The van der Waals surface area contributed by atoms with Gasteiger partial charge >= 0.3 is 0 Å². The molecular formula is C15H25NO2. The maximum atomic E-state index is 5.97. The lowest BCUT2D eigenvalue weighted by atomic mass is 9.80. The molecule has 0 aromatic carbocycles. The highest BCUT2D eigenvalue weighted by molar-refractivity contribution is 5.19. The minimum absolute atomic E-state index is 0.392. The maximum Gasteiger partial charge on any atom is 0.130 e. The summed E-state index contributed by atoms with van der Waals surface area (Å²) in [6.07, 6.45) is 4.01. The van der Waals surface area contributed by atoms with Gasteiger partial charge in [-0.3, -0.25) is 0 Å². The summed E-state index contributed by atoms with van der Waals surface area (Å²) in [6, 6.07) is 2.04.